The zero-order valence-electron chi connectivity index (χ0n) is 16.9. The predicted octanol–water partition coefficient (Wildman–Crippen LogP) is 3.12. The van der Waals surface area contributed by atoms with E-state index in [-0.39, 0.29) is 12.4 Å². The monoisotopic (exact) mass is 400 g/mol. The van der Waals surface area contributed by atoms with Gasteiger partial charge in [-0.05, 0) is 48.4 Å². The predicted molar refractivity (Wildman–Crippen MR) is 113 cm³/mol. The number of piperazine rings is 1. The normalized spacial score (nSPS) is 15.8. The average molecular weight is 400 g/mol. The van der Waals surface area contributed by atoms with Gasteiger partial charge in [0.05, 0.1) is 7.11 Å². The van der Waals surface area contributed by atoms with Crippen molar-refractivity contribution in [3.8, 4) is 11.5 Å². The minimum Gasteiger partial charge on any atom is -0.493 e. The Morgan fingerprint density at radius 2 is 1.83 bits per heavy atom. The van der Waals surface area contributed by atoms with E-state index in [1.807, 2.05) is 24.3 Å². The van der Waals surface area contributed by atoms with Gasteiger partial charge in [0.1, 0.15) is 18.5 Å². The zero-order chi connectivity index (χ0) is 20.6. The zero-order valence-corrected chi connectivity index (χ0v) is 16.9. The van der Waals surface area contributed by atoms with Crippen molar-refractivity contribution in [1.29, 1.82) is 0 Å². The van der Waals surface area contributed by atoms with Gasteiger partial charge in [-0.2, -0.15) is 0 Å². The summed E-state index contributed by atoms with van der Waals surface area (Å²) in [5.74, 6) is 1.06. The molecule has 1 aliphatic heterocycles. The topological polar surface area (TPSA) is 45.2 Å². The molecule has 1 heterocycles. The first kappa shape index (κ1) is 21.1. The summed E-state index contributed by atoms with van der Waals surface area (Å²) in [6.45, 7) is 7.87. The number of halogens is 1. The third-order valence-corrected chi connectivity index (χ3v) is 5.07. The Balaban J connectivity index is 1.45. The van der Waals surface area contributed by atoms with Crippen LogP contribution in [-0.4, -0.2) is 62.6 Å². The number of benzene rings is 2. The van der Waals surface area contributed by atoms with Gasteiger partial charge in [-0.1, -0.05) is 12.1 Å². The summed E-state index contributed by atoms with van der Waals surface area (Å²) in [7, 11) is 1.61. The highest BCUT2D eigenvalue weighted by molar-refractivity contribution is 5.46. The Morgan fingerprint density at radius 1 is 1.10 bits per heavy atom. The summed E-state index contributed by atoms with van der Waals surface area (Å²) in [6, 6.07) is 12.4. The lowest BCUT2D eigenvalue weighted by Crippen LogP contribution is -2.49. The van der Waals surface area contributed by atoms with E-state index in [0.717, 1.165) is 43.9 Å². The van der Waals surface area contributed by atoms with Crippen molar-refractivity contribution in [1.82, 2.24) is 4.90 Å². The van der Waals surface area contributed by atoms with Crippen LogP contribution in [0.25, 0.3) is 0 Å². The number of ether oxygens (including phenoxy) is 2. The molecule has 1 atom stereocenters. The Labute approximate surface area is 172 Å². The van der Waals surface area contributed by atoms with Gasteiger partial charge in [0.25, 0.3) is 0 Å². The van der Waals surface area contributed by atoms with Crippen LogP contribution in [0.1, 0.15) is 5.56 Å². The van der Waals surface area contributed by atoms with Gasteiger partial charge in [-0.15, -0.1) is 6.58 Å². The second-order valence-corrected chi connectivity index (χ2v) is 7.21. The standard InChI is InChI=1S/C23H29FN2O3/c1-3-4-18-5-10-22(23(15-18)28-2)29-17-21(27)16-25-11-13-26(14-12-25)20-8-6-19(24)7-9-20/h3,5-10,15,21,27H,1,4,11-14,16-17H2,2H3. The molecule has 29 heavy (non-hydrogen) atoms. The highest BCUT2D eigenvalue weighted by atomic mass is 19.1. The number of hydrogen-bond donors (Lipinski definition) is 1. The van der Waals surface area contributed by atoms with Gasteiger partial charge in [0, 0.05) is 38.4 Å². The number of nitrogens with zero attached hydrogens (tertiary/aromatic N) is 2. The molecule has 0 aliphatic carbocycles. The Morgan fingerprint density at radius 3 is 2.48 bits per heavy atom. The van der Waals surface area contributed by atoms with E-state index >= 15 is 0 Å². The molecule has 1 unspecified atom stereocenters. The number of aliphatic hydroxyl groups excluding tert-OH is 1. The molecule has 2 aromatic rings. The van der Waals surface area contributed by atoms with Gasteiger partial charge in [-0.3, -0.25) is 4.90 Å². The largest absolute Gasteiger partial charge is 0.493 e. The lowest BCUT2D eigenvalue weighted by Gasteiger charge is -2.36. The van der Waals surface area contributed by atoms with Crippen molar-refractivity contribution in [2.45, 2.75) is 12.5 Å². The van der Waals surface area contributed by atoms with Crippen LogP contribution in [-0.2, 0) is 6.42 Å². The third kappa shape index (κ3) is 5.95. The van der Waals surface area contributed by atoms with E-state index in [9.17, 15) is 9.50 Å². The third-order valence-electron chi connectivity index (χ3n) is 5.07. The number of methoxy groups -OCH3 is 1. The number of β-amino-alcohol motifs (C(OH)–C–C–N with tert-alkyl or cyclic N) is 1. The van der Waals surface area contributed by atoms with Crippen LogP contribution in [0.15, 0.2) is 55.1 Å². The molecule has 1 N–H and O–H groups in total. The Hall–Kier alpha value is -2.57. The molecule has 2 aromatic carbocycles. The van der Waals surface area contributed by atoms with Crippen molar-refractivity contribution >= 4 is 5.69 Å². The maximum Gasteiger partial charge on any atom is 0.161 e. The number of rotatable bonds is 9. The van der Waals surface area contributed by atoms with Gasteiger partial charge in [0.2, 0.25) is 0 Å². The van der Waals surface area contributed by atoms with Crippen molar-refractivity contribution in [2.75, 3.05) is 51.3 Å². The average Bonchev–Trinajstić information content (AvgIpc) is 2.74. The number of hydrogen-bond acceptors (Lipinski definition) is 5. The first-order chi connectivity index (χ1) is 14.1. The first-order valence-electron chi connectivity index (χ1n) is 9.90. The van der Waals surface area contributed by atoms with E-state index in [2.05, 4.69) is 16.4 Å². The minimum atomic E-state index is -0.593. The smallest absolute Gasteiger partial charge is 0.161 e. The molecule has 1 fully saturated rings. The quantitative estimate of drug-likeness (QED) is 0.656. The van der Waals surface area contributed by atoms with E-state index in [1.54, 1.807) is 19.2 Å². The molecule has 0 saturated carbocycles. The summed E-state index contributed by atoms with van der Waals surface area (Å²) in [5.41, 5.74) is 2.13. The lowest BCUT2D eigenvalue weighted by molar-refractivity contribution is 0.0653. The van der Waals surface area contributed by atoms with Crippen molar-refractivity contribution in [3.63, 3.8) is 0 Å². The number of anilines is 1. The second kappa shape index (κ2) is 10.3. The molecule has 1 saturated heterocycles. The van der Waals surface area contributed by atoms with Gasteiger partial charge in [-0.25, -0.2) is 4.39 Å². The second-order valence-electron chi connectivity index (χ2n) is 7.21. The van der Waals surface area contributed by atoms with Crippen molar-refractivity contribution in [2.24, 2.45) is 0 Å². The van der Waals surface area contributed by atoms with Crippen LogP contribution < -0.4 is 14.4 Å². The molecule has 3 rings (SSSR count). The van der Waals surface area contributed by atoms with Gasteiger partial charge >= 0.3 is 0 Å². The molecule has 5 nitrogen and oxygen atoms in total. The van der Waals surface area contributed by atoms with E-state index in [0.29, 0.717) is 18.0 Å². The highest BCUT2D eigenvalue weighted by Gasteiger charge is 2.20. The lowest BCUT2D eigenvalue weighted by atomic mass is 10.1. The molecule has 156 valence electrons. The summed E-state index contributed by atoms with van der Waals surface area (Å²) >= 11 is 0. The summed E-state index contributed by atoms with van der Waals surface area (Å²) in [4.78, 5) is 4.45. The molecule has 0 radical (unpaired) electrons. The Kier molecular flexibility index (Phi) is 7.49. The molecule has 0 bridgehead atoms. The van der Waals surface area contributed by atoms with Gasteiger partial charge in [0.15, 0.2) is 11.5 Å². The minimum absolute atomic E-state index is 0.204. The van der Waals surface area contributed by atoms with Crippen LogP contribution in [0.3, 0.4) is 0 Å². The SMILES string of the molecule is C=CCc1ccc(OCC(O)CN2CCN(c3ccc(F)cc3)CC2)c(OC)c1. The fourth-order valence-electron chi connectivity index (χ4n) is 3.50. The molecular formula is C23H29FN2O3. The molecular weight excluding hydrogens is 371 g/mol. The first-order valence-corrected chi connectivity index (χ1v) is 9.90. The maximum atomic E-state index is 13.1. The van der Waals surface area contributed by atoms with E-state index in [1.165, 1.54) is 12.1 Å². The fourth-order valence-corrected chi connectivity index (χ4v) is 3.50. The molecule has 6 heteroatoms. The maximum absolute atomic E-state index is 13.1. The molecule has 0 amide bonds. The van der Waals surface area contributed by atoms with Gasteiger partial charge < -0.3 is 19.5 Å². The highest BCUT2D eigenvalue weighted by Crippen LogP contribution is 2.28. The van der Waals surface area contributed by atoms with E-state index in [4.69, 9.17) is 9.47 Å². The van der Waals surface area contributed by atoms with Crippen molar-refractivity contribution < 1.29 is 19.0 Å². The van der Waals surface area contributed by atoms with Crippen LogP contribution in [0, 0.1) is 5.82 Å². The van der Waals surface area contributed by atoms with Crippen molar-refractivity contribution in [3.05, 3.63) is 66.5 Å². The van der Waals surface area contributed by atoms with Crippen LogP contribution in [0.5, 0.6) is 11.5 Å². The van der Waals surface area contributed by atoms with Crippen LogP contribution in [0.4, 0.5) is 10.1 Å². The molecule has 1 aliphatic rings. The van der Waals surface area contributed by atoms with Crippen LogP contribution >= 0.6 is 0 Å². The van der Waals surface area contributed by atoms with Crippen LogP contribution in [0.2, 0.25) is 0 Å². The Bertz CT molecular complexity index is 789. The number of allylic oxidation sites excluding steroid dienone is 1. The molecule has 0 aromatic heterocycles. The number of aliphatic hydroxyl groups is 1. The molecule has 0 spiro atoms. The summed E-state index contributed by atoms with van der Waals surface area (Å²) < 4.78 is 24.3. The summed E-state index contributed by atoms with van der Waals surface area (Å²) in [6.07, 6.45) is 2.02. The summed E-state index contributed by atoms with van der Waals surface area (Å²) in [5, 5.41) is 10.4. The van der Waals surface area contributed by atoms with E-state index < -0.39 is 6.10 Å². The fraction of sp³-hybridized carbons (Fsp3) is 0.391.